The third kappa shape index (κ3) is 7.65. The predicted octanol–water partition coefficient (Wildman–Crippen LogP) is 5.90. The van der Waals surface area contributed by atoms with Crippen molar-refractivity contribution in [2.45, 2.75) is 70.0 Å². The number of para-hydroxylation sites is 1. The number of ketones is 1. The SMILES string of the molecule is CCCCCCn1c(COc2ccccc2F)nnc1S[C@H](C)C(=O)Nc1cccc(C(C)=O)c1. The van der Waals surface area contributed by atoms with Gasteiger partial charge < -0.3 is 14.6 Å². The van der Waals surface area contributed by atoms with E-state index in [0.29, 0.717) is 28.8 Å². The third-order valence-electron chi connectivity index (χ3n) is 5.41. The molecule has 0 aliphatic heterocycles. The number of nitrogens with zero attached hydrogens (tertiary/aromatic N) is 3. The maximum absolute atomic E-state index is 14.0. The summed E-state index contributed by atoms with van der Waals surface area (Å²) in [7, 11) is 0. The summed E-state index contributed by atoms with van der Waals surface area (Å²) in [5.41, 5.74) is 1.10. The monoisotopic (exact) mass is 498 g/mol. The summed E-state index contributed by atoms with van der Waals surface area (Å²) in [6.45, 7) is 6.18. The molecule has 186 valence electrons. The molecule has 0 fully saturated rings. The molecular weight excluding hydrogens is 467 g/mol. The van der Waals surface area contributed by atoms with Crippen LogP contribution in [0.4, 0.5) is 10.1 Å². The Balaban J connectivity index is 1.70. The summed E-state index contributed by atoms with van der Waals surface area (Å²) >= 11 is 1.30. The van der Waals surface area contributed by atoms with E-state index in [9.17, 15) is 14.0 Å². The number of carbonyl (C=O) groups excluding carboxylic acids is 2. The van der Waals surface area contributed by atoms with Crippen LogP contribution in [-0.4, -0.2) is 31.7 Å². The number of carbonyl (C=O) groups is 2. The van der Waals surface area contributed by atoms with Gasteiger partial charge in [0.05, 0.1) is 5.25 Å². The number of ether oxygens (including phenoxy) is 1. The number of amides is 1. The van der Waals surface area contributed by atoms with Gasteiger partial charge in [0.1, 0.15) is 6.61 Å². The lowest BCUT2D eigenvalue weighted by atomic mass is 10.1. The number of hydrogen-bond donors (Lipinski definition) is 1. The Hall–Kier alpha value is -3.20. The van der Waals surface area contributed by atoms with Crippen LogP contribution < -0.4 is 10.1 Å². The van der Waals surface area contributed by atoms with Gasteiger partial charge in [-0.25, -0.2) is 4.39 Å². The van der Waals surface area contributed by atoms with Gasteiger partial charge in [0.25, 0.3) is 0 Å². The molecule has 0 saturated heterocycles. The molecule has 0 radical (unpaired) electrons. The van der Waals surface area contributed by atoms with Crippen molar-refractivity contribution in [3.05, 3.63) is 65.7 Å². The van der Waals surface area contributed by atoms with Crippen molar-refractivity contribution in [3.63, 3.8) is 0 Å². The Morgan fingerprint density at radius 3 is 2.66 bits per heavy atom. The van der Waals surface area contributed by atoms with Crippen LogP contribution in [0.15, 0.2) is 53.7 Å². The lowest BCUT2D eigenvalue weighted by Gasteiger charge is -2.14. The first-order chi connectivity index (χ1) is 16.9. The highest BCUT2D eigenvalue weighted by Crippen LogP contribution is 2.25. The number of benzene rings is 2. The van der Waals surface area contributed by atoms with Crippen LogP contribution >= 0.6 is 11.8 Å². The zero-order valence-electron chi connectivity index (χ0n) is 20.3. The van der Waals surface area contributed by atoms with Crippen LogP contribution in [0.5, 0.6) is 5.75 Å². The predicted molar refractivity (Wildman–Crippen MR) is 135 cm³/mol. The van der Waals surface area contributed by atoms with Crippen molar-refractivity contribution in [2.24, 2.45) is 0 Å². The van der Waals surface area contributed by atoms with Gasteiger partial charge in [-0.15, -0.1) is 10.2 Å². The zero-order valence-corrected chi connectivity index (χ0v) is 21.1. The summed E-state index contributed by atoms with van der Waals surface area (Å²) < 4.78 is 21.6. The molecular formula is C26H31FN4O3S. The third-order valence-corrected chi connectivity index (χ3v) is 6.49. The number of aromatic nitrogens is 3. The van der Waals surface area contributed by atoms with Gasteiger partial charge in [-0.1, -0.05) is 62.2 Å². The first-order valence-electron chi connectivity index (χ1n) is 11.8. The fraction of sp³-hybridized carbons (Fsp3) is 0.385. The van der Waals surface area contributed by atoms with E-state index in [-0.39, 0.29) is 24.0 Å². The molecule has 1 aromatic heterocycles. The fourth-order valence-electron chi connectivity index (χ4n) is 3.41. The summed E-state index contributed by atoms with van der Waals surface area (Å²) in [6.07, 6.45) is 4.25. The molecule has 1 N–H and O–H groups in total. The van der Waals surface area contributed by atoms with Crippen molar-refractivity contribution >= 4 is 29.1 Å². The highest BCUT2D eigenvalue weighted by atomic mass is 32.2. The molecule has 0 bridgehead atoms. The Morgan fingerprint density at radius 1 is 1.11 bits per heavy atom. The number of Topliss-reactive ketones (excluding diaryl/α,β-unsaturated/α-hetero) is 1. The molecule has 7 nitrogen and oxygen atoms in total. The van der Waals surface area contributed by atoms with E-state index in [1.165, 1.54) is 24.8 Å². The van der Waals surface area contributed by atoms with E-state index >= 15 is 0 Å². The Labute approximate surface area is 209 Å². The fourth-order valence-corrected chi connectivity index (χ4v) is 4.30. The number of halogens is 1. The average Bonchev–Trinajstić information content (AvgIpc) is 3.22. The summed E-state index contributed by atoms with van der Waals surface area (Å²) in [6, 6.07) is 13.1. The van der Waals surface area contributed by atoms with E-state index in [2.05, 4.69) is 22.4 Å². The van der Waals surface area contributed by atoms with Crippen molar-refractivity contribution < 1.29 is 18.7 Å². The normalized spacial score (nSPS) is 11.8. The van der Waals surface area contributed by atoms with Gasteiger partial charge in [0, 0.05) is 17.8 Å². The van der Waals surface area contributed by atoms with E-state index < -0.39 is 11.1 Å². The van der Waals surface area contributed by atoms with Crippen molar-refractivity contribution in [2.75, 3.05) is 5.32 Å². The van der Waals surface area contributed by atoms with Crippen molar-refractivity contribution in [3.8, 4) is 5.75 Å². The Bertz CT molecular complexity index is 1150. The highest BCUT2D eigenvalue weighted by molar-refractivity contribution is 8.00. The number of unbranched alkanes of at least 4 members (excludes halogenated alkanes) is 3. The van der Waals surface area contributed by atoms with Gasteiger partial charge in [-0.2, -0.15) is 0 Å². The van der Waals surface area contributed by atoms with E-state index in [1.807, 2.05) is 4.57 Å². The van der Waals surface area contributed by atoms with Crippen LogP contribution in [0.3, 0.4) is 0 Å². The summed E-state index contributed by atoms with van der Waals surface area (Å²) in [5, 5.41) is 11.6. The van der Waals surface area contributed by atoms with Gasteiger partial charge >= 0.3 is 0 Å². The van der Waals surface area contributed by atoms with Crippen LogP contribution in [-0.2, 0) is 17.9 Å². The summed E-state index contributed by atoms with van der Waals surface area (Å²) in [5.74, 6) is 0.0252. The van der Waals surface area contributed by atoms with Crippen molar-refractivity contribution in [1.29, 1.82) is 0 Å². The molecule has 2 aromatic carbocycles. The van der Waals surface area contributed by atoms with Gasteiger partial charge in [-0.05, 0) is 44.5 Å². The van der Waals surface area contributed by atoms with Crippen LogP contribution in [0.25, 0.3) is 0 Å². The maximum atomic E-state index is 14.0. The number of rotatable bonds is 13. The largest absolute Gasteiger partial charge is 0.483 e. The smallest absolute Gasteiger partial charge is 0.237 e. The quantitative estimate of drug-likeness (QED) is 0.179. The molecule has 35 heavy (non-hydrogen) atoms. The highest BCUT2D eigenvalue weighted by Gasteiger charge is 2.21. The minimum atomic E-state index is -0.463. The molecule has 9 heteroatoms. The van der Waals surface area contributed by atoms with Gasteiger partial charge in [0.2, 0.25) is 5.91 Å². The molecule has 0 unspecified atom stereocenters. The topological polar surface area (TPSA) is 86.1 Å². The molecule has 0 aliphatic carbocycles. The van der Waals surface area contributed by atoms with E-state index in [0.717, 1.165) is 25.7 Å². The van der Waals surface area contributed by atoms with Crippen LogP contribution in [0.1, 0.15) is 62.6 Å². The van der Waals surface area contributed by atoms with E-state index in [1.54, 1.807) is 49.4 Å². The molecule has 1 atom stereocenters. The Kier molecular flexibility index (Phi) is 9.84. The second-order valence-corrected chi connectivity index (χ2v) is 9.52. The first kappa shape index (κ1) is 26.4. The minimum Gasteiger partial charge on any atom is -0.483 e. The zero-order chi connectivity index (χ0) is 25.2. The number of nitrogens with one attached hydrogen (secondary N) is 1. The number of hydrogen-bond acceptors (Lipinski definition) is 6. The number of thioether (sulfide) groups is 1. The molecule has 0 saturated carbocycles. The second kappa shape index (κ2) is 13.0. The average molecular weight is 499 g/mol. The van der Waals surface area contributed by atoms with E-state index in [4.69, 9.17) is 4.74 Å². The second-order valence-electron chi connectivity index (χ2n) is 8.22. The lowest BCUT2D eigenvalue weighted by Crippen LogP contribution is -2.23. The van der Waals surface area contributed by atoms with Crippen LogP contribution in [0.2, 0.25) is 0 Å². The molecule has 1 amide bonds. The van der Waals surface area contributed by atoms with Crippen molar-refractivity contribution in [1.82, 2.24) is 14.8 Å². The van der Waals surface area contributed by atoms with Gasteiger partial charge in [-0.3, -0.25) is 9.59 Å². The standard InChI is InChI=1S/C26H31FN4O3S/c1-4-5-6-9-15-31-24(17-34-23-14-8-7-13-22(23)27)29-30-26(31)35-19(3)25(33)28-21-12-10-11-20(16-21)18(2)32/h7-8,10-14,16,19H,4-6,9,15,17H2,1-3H3,(H,28,33)/t19-/m1/s1. The molecule has 1 heterocycles. The number of anilines is 1. The summed E-state index contributed by atoms with van der Waals surface area (Å²) in [4.78, 5) is 24.4. The molecule has 0 spiro atoms. The lowest BCUT2D eigenvalue weighted by molar-refractivity contribution is -0.115. The maximum Gasteiger partial charge on any atom is 0.237 e. The first-order valence-corrected chi connectivity index (χ1v) is 12.6. The molecule has 3 rings (SSSR count). The minimum absolute atomic E-state index is 0.0650. The van der Waals surface area contributed by atoms with Crippen LogP contribution in [0, 0.1) is 5.82 Å². The Morgan fingerprint density at radius 2 is 1.91 bits per heavy atom. The molecule has 3 aromatic rings. The van der Waals surface area contributed by atoms with Gasteiger partial charge in [0.15, 0.2) is 28.3 Å². The molecule has 0 aliphatic rings.